The number of rotatable bonds is 18. The fourth-order valence-corrected chi connectivity index (χ4v) is 28.5. The molecular weight excluding hydrogens is 1090 g/mol. The predicted molar refractivity (Wildman–Crippen MR) is 327 cm³/mol. The minimum atomic E-state index is -0.308. The first-order valence-electron chi connectivity index (χ1n) is 32.4. The molecule has 12 heteroatoms. The Hall–Kier alpha value is -2.28. The van der Waals surface area contributed by atoms with Gasteiger partial charge >= 0.3 is 17.9 Å². The summed E-state index contributed by atoms with van der Waals surface area (Å²) in [5.74, 6) is 22.8. The standard InChI is InChI=1S/C51H72O5S4.C18H20O3/c1-23(52)60-30-17-36-37(18-30)41-20-39(36)49-27-12-43(51(41)49)45(14-27)59-6-4-46(53)55-21-24-7-31-25-9-28(32(10-25)33(31)8-24)22-56-47(54)3-5-58-29-15-34-35(16-29)40-19-38(34)48-26-11-42(50(40)48)44(13-26)57-2;1-13(19)21-17-11-7-15(8-12-17)18(2,3)14-5-9-16(20-4)10-6-14/h24-45,48-51H,3-22H2,1-2H3;5-12H,1-4H3. The number of benzene rings is 2. The fraction of sp³-hybridized carbons (Fsp3) is 0.768. The van der Waals surface area contributed by atoms with Crippen LogP contribution in [0, 0.1) is 130 Å². The maximum absolute atomic E-state index is 13.0. The minimum Gasteiger partial charge on any atom is -0.497 e. The second-order valence-corrected chi connectivity index (χ2v) is 34.7. The van der Waals surface area contributed by atoms with E-state index in [0.717, 1.165) is 151 Å². The summed E-state index contributed by atoms with van der Waals surface area (Å²) < 4.78 is 22.3. The number of fused-ring (bicyclic) bond motifs is 29. The highest BCUT2D eigenvalue weighted by Crippen LogP contribution is 2.76. The monoisotopic (exact) mass is 1180 g/mol. The number of hydrogen-bond donors (Lipinski definition) is 0. The van der Waals surface area contributed by atoms with Crippen LogP contribution < -0.4 is 9.47 Å². The van der Waals surface area contributed by atoms with Crippen LogP contribution in [0.2, 0.25) is 0 Å². The Morgan fingerprint density at radius 2 is 1.00 bits per heavy atom. The first-order chi connectivity index (χ1) is 39.2. The molecule has 26 atom stereocenters. The minimum absolute atomic E-state index is 0.0236. The summed E-state index contributed by atoms with van der Waals surface area (Å²) in [6.45, 7) is 8.73. The molecule has 0 aliphatic heterocycles. The van der Waals surface area contributed by atoms with Crippen LogP contribution in [-0.2, 0) is 34.1 Å². The van der Waals surface area contributed by atoms with Gasteiger partial charge in [0.05, 0.1) is 33.2 Å². The Balaban J connectivity index is 0.000000238. The van der Waals surface area contributed by atoms with E-state index in [2.05, 4.69) is 67.5 Å². The zero-order chi connectivity index (χ0) is 55.6. The zero-order valence-electron chi connectivity index (χ0n) is 49.2. The molecule has 26 unspecified atom stereocenters. The largest absolute Gasteiger partial charge is 0.497 e. The lowest BCUT2D eigenvalue weighted by Crippen LogP contribution is -2.39. The van der Waals surface area contributed by atoms with Crippen LogP contribution in [0.3, 0.4) is 0 Å². The van der Waals surface area contributed by atoms with Crippen molar-refractivity contribution >= 4 is 70.1 Å². The second kappa shape index (κ2) is 22.8. The van der Waals surface area contributed by atoms with Crippen molar-refractivity contribution in [3.05, 3.63) is 59.7 Å². The van der Waals surface area contributed by atoms with Gasteiger partial charge in [-0.2, -0.15) is 35.3 Å². The highest BCUT2D eigenvalue weighted by atomic mass is 32.2. The molecule has 0 radical (unpaired) electrons. The topological polar surface area (TPSA) is 105 Å². The molecule has 2 aromatic rings. The van der Waals surface area contributed by atoms with Gasteiger partial charge < -0.3 is 18.9 Å². The summed E-state index contributed by atoms with van der Waals surface area (Å²) in [5.41, 5.74) is 2.22. The summed E-state index contributed by atoms with van der Waals surface area (Å²) >= 11 is 8.03. The molecule has 0 heterocycles. The summed E-state index contributed by atoms with van der Waals surface area (Å²) in [6, 6.07) is 15.7. The van der Waals surface area contributed by atoms with Crippen LogP contribution in [0.25, 0.3) is 0 Å². The summed E-state index contributed by atoms with van der Waals surface area (Å²) in [5, 5.41) is 3.38. The molecule has 440 valence electrons. The summed E-state index contributed by atoms with van der Waals surface area (Å²) in [4.78, 5) is 48.8. The maximum atomic E-state index is 13.0. The van der Waals surface area contributed by atoms with E-state index in [0.29, 0.717) is 59.9 Å². The van der Waals surface area contributed by atoms with Crippen LogP contribution in [0.15, 0.2) is 48.5 Å². The van der Waals surface area contributed by atoms with Crippen molar-refractivity contribution in [2.75, 3.05) is 38.1 Å². The van der Waals surface area contributed by atoms with Crippen molar-refractivity contribution in [3.8, 4) is 11.5 Å². The lowest BCUT2D eigenvalue weighted by molar-refractivity contribution is -0.145. The van der Waals surface area contributed by atoms with Crippen molar-refractivity contribution in [2.24, 2.45) is 130 Å². The van der Waals surface area contributed by atoms with Crippen molar-refractivity contribution in [3.63, 3.8) is 0 Å². The fourth-order valence-electron chi connectivity index (χ4n) is 23.4. The summed E-state index contributed by atoms with van der Waals surface area (Å²) in [7, 11) is 1.66. The van der Waals surface area contributed by atoms with Gasteiger partial charge in [-0.3, -0.25) is 19.2 Å². The normalized spacial score (nSPS) is 44.2. The Bertz CT molecular complexity index is 2660. The van der Waals surface area contributed by atoms with Crippen molar-refractivity contribution in [2.45, 2.75) is 157 Å². The molecule has 13 fully saturated rings. The molecule has 2 aromatic carbocycles. The number of carbonyl (C=O) groups excluding carboxylic acids is 4. The molecule has 0 N–H and O–H groups in total. The molecular formula is C69H92O8S4. The van der Waals surface area contributed by atoms with Gasteiger partial charge in [0.15, 0.2) is 5.12 Å². The summed E-state index contributed by atoms with van der Waals surface area (Å²) in [6.07, 6.45) is 22.9. The van der Waals surface area contributed by atoms with Crippen molar-refractivity contribution < 1.29 is 38.1 Å². The molecule has 8 nitrogen and oxygen atoms in total. The smallest absolute Gasteiger partial charge is 0.308 e. The highest BCUT2D eigenvalue weighted by Gasteiger charge is 2.70. The van der Waals surface area contributed by atoms with Gasteiger partial charge in [-0.1, -0.05) is 49.9 Å². The van der Waals surface area contributed by atoms with E-state index in [1.165, 1.54) is 89.5 Å². The molecule has 0 saturated heterocycles. The predicted octanol–water partition coefficient (Wildman–Crippen LogP) is 14.6. The van der Waals surface area contributed by atoms with E-state index < -0.39 is 0 Å². The third-order valence-corrected chi connectivity index (χ3v) is 30.8. The lowest BCUT2D eigenvalue weighted by atomic mass is 9.64. The van der Waals surface area contributed by atoms with Gasteiger partial charge in [0, 0.05) is 51.8 Å². The molecule has 15 rings (SSSR count). The highest BCUT2D eigenvalue weighted by molar-refractivity contribution is 8.14. The van der Waals surface area contributed by atoms with Crippen LogP contribution >= 0.6 is 47.0 Å². The molecule has 0 spiro atoms. The quantitative estimate of drug-likeness (QED) is 0.0806. The Kier molecular flexibility index (Phi) is 15.9. The lowest BCUT2D eigenvalue weighted by Gasteiger charge is -2.43. The first kappa shape index (κ1) is 56.5. The van der Waals surface area contributed by atoms with Crippen molar-refractivity contribution in [1.29, 1.82) is 0 Å². The van der Waals surface area contributed by atoms with Crippen LogP contribution in [-0.4, -0.2) is 82.1 Å². The van der Waals surface area contributed by atoms with Gasteiger partial charge in [-0.05, 0) is 262 Å². The molecule has 0 aromatic heterocycles. The van der Waals surface area contributed by atoms with Gasteiger partial charge in [0.2, 0.25) is 0 Å². The number of esters is 3. The average molecular weight is 1180 g/mol. The number of hydrogen-bond acceptors (Lipinski definition) is 12. The molecule has 13 saturated carbocycles. The zero-order valence-corrected chi connectivity index (χ0v) is 52.4. The molecule has 10 bridgehead atoms. The van der Waals surface area contributed by atoms with Gasteiger partial charge in [0.1, 0.15) is 11.5 Å². The van der Waals surface area contributed by atoms with Gasteiger partial charge in [-0.25, -0.2) is 0 Å². The van der Waals surface area contributed by atoms with Crippen LogP contribution in [0.4, 0.5) is 0 Å². The van der Waals surface area contributed by atoms with Gasteiger partial charge in [0.25, 0.3) is 0 Å². The maximum Gasteiger partial charge on any atom is 0.308 e. The molecule has 13 aliphatic rings. The number of methoxy groups -OCH3 is 1. The SMILES string of the molecule is COc1ccc(C(C)(C)c2ccc(OC(C)=O)cc2)cc1.CSC1CC2CC1C1C3CC(C4CC(SCCC(=O)OCC5CC6CC5C5CC(COC(=O)CCSC7CC8CC7C7C9CC(C%10CC(SC(C)=O)CC%109)C87)CC65)CC43)C21. The van der Waals surface area contributed by atoms with E-state index in [1.807, 2.05) is 36.4 Å². The Morgan fingerprint density at radius 3 is 1.58 bits per heavy atom. The number of carbonyl (C=O) groups is 4. The van der Waals surface area contributed by atoms with E-state index in [1.54, 1.807) is 38.6 Å². The molecule has 13 aliphatic carbocycles. The van der Waals surface area contributed by atoms with Crippen molar-refractivity contribution in [1.82, 2.24) is 0 Å². The van der Waals surface area contributed by atoms with Crippen LogP contribution in [0.1, 0.15) is 142 Å². The van der Waals surface area contributed by atoms with E-state index in [4.69, 9.17) is 18.9 Å². The Morgan fingerprint density at radius 1 is 0.494 bits per heavy atom. The second-order valence-electron chi connectivity index (χ2n) is 29.4. The number of ether oxygens (including phenoxy) is 4. The van der Waals surface area contributed by atoms with Gasteiger partial charge in [-0.15, -0.1) is 0 Å². The third-order valence-electron chi connectivity index (χ3n) is 25.9. The average Bonchev–Trinajstić information content (AvgIpc) is 3.83. The van der Waals surface area contributed by atoms with E-state index >= 15 is 0 Å². The first-order valence-corrected chi connectivity index (χ1v) is 36.7. The van der Waals surface area contributed by atoms with E-state index in [9.17, 15) is 19.2 Å². The number of thioether (sulfide) groups is 4. The Labute approximate surface area is 501 Å². The van der Waals surface area contributed by atoms with Crippen LogP contribution in [0.5, 0.6) is 11.5 Å². The molecule has 81 heavy (non-hydrogen) atoms. The molecule has 0 amide bonds. The third kappa shape index (κ3) is 10.3. The van der Waals surface area contributed by atoms with E-state index in [-0.39, 0.29) is 23.3 Å².